The summed E-state index contributed by atoms with van der Waals surface area (Å²) in [4.78, 5) is 25.7. The molecule has 1 fully saturated rings. The molecule has 3 rings (SSSR count). The monoisotopic (exact) mass is 286 g/mol. The van der Waals surface area contributed by atoms with Crippen molar-refractivity contribution in [2.24, 2.45) is 5.92 Å². The maximum atomic E-state index is 11.9. The van der Waals surface area contributed by atoms with Crippen LogP contribution in [0.4, 0.5) is 0 Å². The summed E-state index contributed by atoms with van der Waals surface area (Å²) >= 11 is 0. The Balaban J connectivity index is 1.72. The van der Waals surface area contributed by atoms with Crippen molar-refractivity contribution in [3.63, 3.8) is 0 Å². The number of nitrogens with zero attached hydrogens (tertiary/aromatic N) is 2. The Morgan fingerprint density at radius 2 is 2.24 bits per heavy atom. The first-order valence-electron chi connectivity index (χ1n) is 7.18. The van der Waals surface area contributed by atoms with Gasteiger partial charge in [-0.3, -0.25) is 14.5 Å². The number of pyridine rings is 1. The molecule has 2 aliphatic heterocycles. The lowest BCUT2D eigenvalue weighted by molar-refractivity contribution is -0.144. The normalized spacial score (nSPS) is 24.0. The molecule has 21 heavy (non-hydrogen) atoms. The van der Waals surface area contributed by atoms with Gasteiger partial charge in [0.15, 0.2) is 6.61 Å². The van der Waals surface area contributed by atoms with Crippen molar-refractivity contribution in [1.29, 1.82) is 0 Å². The van der Waals surface area contributed by atoms with Gasteiger partial charge in [-0.1, -0.05) is 12.0 Å². The molecule has 2 atom stereocenters. The summed E-state index contributed by atoms with van der Waals surface area (Å²) in [6.45, 7) is 2.64. The minimum atomic E-state index is -0.279. The third-order valence-electron chi connectivity index (χ3n) is 4.22. The largest absolute Gasteiger partial charge is 0.452 e. The molecule has 0 amide bonds. The van der Waals surface area contributed by atoms with Crippen LogP contribution in [0.25, 0.3) is 0 Å². The minimum absolute atomic E-state index is 0.0256. The average Bonchev–Trinajstić information content (AvgIpc) is 2.46. The molecule has 0 N–H and O–H groups in total. The van der Waals surface area contributed by atoms with Gasteiger partial charge in [0.25, 0.3) is 5.56 Å². The molecule has 3 heterocycles. The number of ether oxygens (including phenoxy) is 1. The number of terminal acetylenes is 1. The lowest BCUT2D eigenvalue weighted by atomic mass is 9.83. The van der Waals surface area contributed by atoms with E-state index in [9.17, 15) is 9.59 Å². The smallest absolute Gasteiger partial charge is 0.321 e. The molecular weight excluding hydrogens is 268 g/mol. The fourth-order valence-electron chi connectivity index (χ4n) is 3.48. The number of carbonyl (C=O) groups is 1. The number of aromatic nitrogens is 1. The van der Waals surface area contributed by atoms with E-state index in [0.717, 1.165) is 31.7 Å². The molecule has 1 aromatic heterocycles. The zero-order valence-electron chi connectivity index (χ0n) is 11.8. The first kappa shape index (κ1) is 13.9. The SMILES string of the molecule is C#CCOC(=O)CN1CC2C[C@H](C1)Cn1c2cccc1=O. The molecule has 0 aliphatic carbocycles. The van der Waals surface area contributed by atoms with E-state index in [2.05, 4.69) is 10.8 Å². The van der Waals surface area contributed by atoms with Crippen LogP contribution in [0.2, 0.25) is 0 Å². The van der Waals surface area contributed by atoms with Crippen molar-refractivity contribution in [1.82, 2.24) is 9.47 Å². The number of fused-ring (bicyclic) bond motifs is 4. The summed E-state index contributed by atoms with van der Waals surface area (Å²) in [6, 6.07) is 5.44. The zero-order chi connectivity index (χ0) is 14.8. The summed E-state index contributed by atoms with van der Waals surface area (Å²) in [5, 5.41) is 0. The fraction of sp³-hybridized carbons (Fsp3) is 0.500. The lowest BCUT2D eigenvalue weighted by Gasteiger charge is -2.42. The van der Waals surface area contributed by atoms with Crippen molar-refractivity contribution < 1.29 is 9.53 Å². The molecule has 110 valence electrons. The Labute approximate surface area is 123 Å². The van der Waals surface area contributed by atoms with Gasteiger partial charge in [-0.2, -0.15) is 0 Å². The highest BCUT2D eigenvalue weighted by atomic mass is 16.5. The molecule has 2 bridgehead atoms. The van der Waals surface area contributed by atoms with Gasteiger partial charge in [-0.05, 0) is 18.4 Å². The van der Waals surface area contributed by atoms with Gasteiger partial charge in [-0.25, -0.2) is 0 Å². The van der Waals surface area contributed by atoms with Gasteiger partial charge in [0.2, 0.25) is 0 Å². The van der Waals surface area contributed by atoms with Gasteiger partial charge in [0, 0.05) is 37.3 Å². The Morgan fingerprint density at radius 1 is 1.38 bits per heavy atom. The van der Waals surface area contributed by atoms with Crippen LogP contribution >= 0.6 is 0 Å². The highest BCUT2D eigenvalue weighted by Crippen LogP contribution is 2.34. The third kappa shape index (κ3) is 2.86. The summed E-state index contributed by atoms with van der Waals surface area (Å²) in [7, 11) is 0. The highest BCUT2D eigenvalue weighted by Gasteiger charge is 2.35. The maximum absolute atomic E-state index is 11.9. The second-order valence-corrected chi connectivity index (χ2v) is 5.76. The van der Waals surface area contributed by atoms with E-state index >= 15 is 0 Å². The quantitative estimate of drug-likeness (QED) is 0.598. The molecule has 5 heteroatoms. The van der Waals surface area contributed by atoms with Crippen molar-refractivity contribution >= 4 is 5.97 Å². The number of likely N-dealkylation sites (tertiary alicyclic amines) is 1. The molecule has 2 aliphatic rings. The summed E-state index contributed by atoms with van der Waals surface area (Å²) < 4.78 is 6.81. The van der Waals surface area contributed by atoms with E-state index in [4.69, 9.17) is 11.2 Å². The first-order chi connectivity index (χ1) is 10.2. The van der Waals surface area contributed by atoms with Crippen molar-refractivity contribution in [2.75, 3.05) is 26.2 Å². The van der Waals surface area contributed by atoms with Crippen LogP contribution < -0.4 is 5.56 Å². The van der Waals surface area contributed by atoms with E-state index in [1.807, 2.05) is 16.7 Å². The van der Waals surface area contributed by atoms with Gasteiger partial charge in [-0.15, -0.1) is 6.42 Å². The average molecular weight is 286 g/mol. The van der Waals surface area contributed by atoms with Crippen LogP contribution in [0.15, 0.2) is 23.0 Å². The van der Waals surface area contributed by atoms with E-state index in [1.165, 1.54) is 0 Å². The third-order valence-corrected chi connectivity index (χ3v) is 4.22. The topological polar surface area (TPSA) is 51.5 Å². The van der Waals surface area contributed by atoms with Crippen LogP contribution in [-0.4, -0.2) is 41.7 Å². The fourth-order valence-corrected chi connectivity index (χ4v) is 3.48. The zero-order valence-corrected chi connectivity index (χ0v) is 11.8. The van der Waals surface area contributed by atoms with E-state index < -0.39 is 0 Å². The molecule has 1 unspecified atom stereocenters. The van der Waals surface area contributed by atoms with Gasteiger partial charge in [0.1, 0.15) is 0 Å². The standard InChI is InChI=1S/C16H18N2O3/c1-2-6-21-16(20)11-17-8-12-7-13(10-17)14-4-3-5-15(19)18(14)9-12/h1,3-5,12-13H,6-11H2/t12-,13?/m1/s1. The molecule has 0 aromatic carbocycles. The number of rotatable bonds is 3. The highest BCUT2D eigenvalue weighted by molar-refractivity contribution is 5.71. The summed E-state index contributed by atoms with van der Waals surface area (Å²) in [5.41, 5.74) is 1.16. The number of carbonyl (C=O) groups excluding carboxylic acids is 1. The van der Waals surface area contributed by atoms with Crippen LogP contribution in [0.1, 0.15) is 18.0 Å². The van der Waals surface area contributed by atoms with Crippen LogP contribution in [-0.2, 0) is 16.1 Å². The molecular formula is C16H18N2O3. The Kier molecular flexibility index (Phi) is 3.80. The first-order valence-corrected chi connectivity index (χ1v) is 7.18. The van der Waals surface area contributed by atoms with Crippen LogP contribution in [0.5, 0.6) is 0 Å². The second kappa shape index (κ2) is 5.74. The molecule has 0 saturated carbocycles. The van der Waals surface area contributed by atoms with Crippen molar-refractivity contribution in [3.05, 3.63) is 34.2 Å². The number of hydrogen-bond acceptors (Lipinski definition) is 4. The number of esters is 1. The van der Waals surface area contributed by atoms with Gasteiger partial charge >= 0.3 is 5.97 Å². The van der Waals surface area contributed by atoms with Crippen LogP contribution in [0, 0.1) is 18.3 Å². The molecule has 0 radical (unpaired) electrons. The molecule has 0 spiro atoms. The van der Waals surface area contributed by atoms with E-state index in [1.54, 1.807) is 6.07 Å². The predicted molar refractivity (Wildman–Crippen MR) is 77.8 cm³/mol. The number of piperidine rings is 1. The van der Waals surface area contributed by atoms with Gasteiger partial charge in [0.05, 0.1) is 6.54 Å². The van der Waals surface area contributed by atoms with Crippen molar-refractivity contribution in [3.8, 4) is 12.3 Å². The molecule has 1 saturated heterocycles. The summed E-state index contributed by atoms with van der Waals surface area (Å²) in [6.07, 6.45) is 6.16. The van der Waals surface area contributed by atoms with Crippen LogP contribution in [0.3, 0.4) is 0 Å². The van der Waals surface area contributed by atoms with Crippen molar-refractivity contribution in [2.45, 2.75) is 18.9 Å². The van der Waals surface area contributed by atoms with E-state index in [-0.39, 0.29) is 24.7 Å². The number of hydrogen-bond donors (Lipinski definition) is 0. The van der Waals surface area contributed by atoms with E-state index in [0.29, 0.717) is 11.8 Å². The lowest BCUT2D eigenvalue weighted by Crippen LogP contribution is -2.48. The second-order valence-electron chi connectivity index (χ2n) is 5.76. The molecule has 1 aromatic rings. The Hall–Kier alpha value is -2.06. The maximum Gasteiger partial charge on any atom is 0.321 e. The van der Waals surface area contributed by atoms with Gasteiger partial charge < -0.3 is 9.30 Å². The Morgan fingerprint density at radius 3 is 3.05 bits per heavy atom. The minimum Gasteiger partial charge on any atom is -0.452 e. The Bertz CT molecular complexity index is 644. The molecule has 5 nitrogen and oxygen atoms in total. The predicted octanol–water partition coefficient (Wildman–Crippen LogP) is 0.444. The summed E-state index contributed by atoms with van der Waals surface area (Å²) in [5.74, 6) is 2.74.